The number of nitrogen functional groups attached to an aromatic ring is 1. The SMILES string of the molecule is Cc1cc(Oc2c(F)cccc2CF)ncc1NN. The van der Waals surface area contributed by atoms with E-state index in [0.29, 0.717) is 5.69 Å². The molecule has 1 heterocycles. The second-order valence-electron chi connectivity index (χ2n) is 3.95. The topological polar surface area (TPSA) is 60.2 Å². The summed E-state index contributed by atoms with van der Waals surface area (Å²) in [6.45, 7) is 0.982. The third-order valence-corrected chi connectivity index (χ3v) is 2.64. The first-order chi connectivity index (χ1) is 9.15. The number of hydrazine groups is 1. The molecule has 0 aliphatic rings. The highest BCUT2D eigenvalue weighted by Crippen LogP contribution is 2.29. The van der Waals surface area contributed by atoms with Crippen molar-refractivity contribution in [3.8, 4) is 11.6 Å². The van der Waals surface area contributed by atoms with Crippen LogP contribution < -0.4 is 16.0 Å². The van der Waals surface area contributed by atoms with E-state index in [-0.39, 0.29) is 17.2 Å². The zero-order valence-corrected chi connectivity index (χ0v) is 10.3. The van der Waals surface area contributed by atoms with Gasteiger partial charge < -0.3 is 10.2 Å². The molecular weight excluding hydrogens is 252 g/mol. The van der Waals surface area contributed by atoms with Crippen molar-refractivity contribution in [3.63, 3.8) is 0 Å². The van der Waals surface area contributed by atoms with Gasteiger partial charge in [0.05, 0.1) is 11.9 Å². The summed E-state index contributed by atoms with van der Waals surface area (Å²) in [6, 6.07) is 5.68. The number of nitrogens with one attached hydrogen (secondary N) is 1. The monoisotopic (exact) mass is 265 g/mol. The van der Waals surface area contributed by atoms with E-state index >= 15 is 0 Å². The zero-order chi connectivity index (χ0) is 13.8. The smallest absolute Gasteiger partial charge is 0.219 e. The molecule has 1 aromatic carbocycles. The summed E-state index contributed by atoms with van der Waals surface area (Å²) in [7, 11) is 0. The van der Waals surface area contributed by atoms with Crippen LogP contribution in [0.25, 0.3) is 0 Å². The molecule has 0 saturated heterocycles. The normalized spacial score (nSPS) is 10.3. The van der Waals surface area contributed by atoms with Crippen LogP contribution >= 0.6 is 0 Å². The van der Waals surface area contributed by atoms with Crippen LogP contribution in [0.1, 0.15) is 11.1 Å². The Morgan fingerprint density at radius 1 is 1.42 bits per heavy atom. The molecule has 2 rings (SSSR count). The van der Waals surface area contributed by atoms with Crippen molar-refractivity contribution in [2.45, 2.75) is 13.6 Å². The number of aryl methyl sites for hydroxylation is 1. The molecule has 0 bridgehead atoms. The molecule has 0 spiro atoms. The van der Waals surface area contributed by atoms with Gasteiger partial charge in [0, 0.05) is 11.6 Å². The van der Waals surface area contributed by atoms with Crippen molar-refractivity contribution in [2.75, 3.05) is 5.43 Å². The Hall–Kier alpha value is -2.21. The number of nitrogens with two attached hydrogens (primary N) is 1. The largest absolute Gasteiger partial charge is 0.436 e. The number of hydrogen-bond donors (Lipinski definition) is 2. The number of rotatable bonds is 4. The van der Waals surface area contributed by atoms with E-state index in [1.807, 2.05) is 0 Å². The number of benzene rings is 1. The molecule has 19 heavy (non-hydrogen) atoms. The first-order valence-corrected chi connectivity index (χ1v) is 5.60. The van der Waals surface area contributed by atoms with Gasteiger partial charge >= 0.3 is 0 Å². The second-order valence-corrected chi connectivity index (χ2v) is 3.95. The number of ether oxygens (including phenoxy) is 1. The lowest BCUT2D eigenvalue weighted by molar-refractivity contribution is 0.402. The molecule has 0 amide bonds. The summed E-state index contributed by atoms with van der Waals surface area (Å²) in [5, 5.41) is 0. The van der Waals surface area contributed by atoms with Crippen LogP contribution in [0.5, 0.6) is 11.6 Å². The summed E-state index contributed by atoms with van der Waals surface area (Å²) in [6.07, 6.45) is 1.46. The predicted octanol–water partition coefficient (Wildman–Crippen LogP) is 3.08. The van der Waals surface area contributed by atoms with Crippen molar-refractivity contribution in [2.24, 2.45) is 5.84 Å². The summed E-state index contributed by atoms with van der Waals surface area (Å²) in [4.78, 5) is 3.97. The third-order valence-electron chi connectivity index (χ3n) is 2.64. The maximum absolute atomic E-state index is 13.6. The molecule has 0 unspecified atom stereocenters. The van der Waals surface area contributed by atoms with Gasteiger partial charge in [-0.2, -0.15) is 0 Å². The summed E-state index contributed by atoms with van der Waals surface area (Å²) >= 11 is 0. The minimum Gasteiger partial charge on any atom is -0.436 e. The van der Waals surface area contributed by atoms with Crippen LogP contribution in [0.15, 0.2) is 30.5 Å². The van der Waals surface area contributed by atoms with Crippen LogP contribution in [-0.2, 0) is 6.67 Å². The average molecular weight is 265 g/mol. The first kappa shape index (κ1) is 13.2. The lowest BCUT2D eigenvalue weighted by atomic mass is 10.2. The van der Waals surface area contributed by atoms with E-state index in [9.17, 15) is 8.78 Å². The Kier molecular flexibility index (Phi) is 3.91. The summed E-state index contributed by atoms with van der Waals surface area (Å²) in [5.41, 5.74) is 4.02. The average Bonchev–Trinajstić information content (AvgIpc) is 2.41. The number of aromatic nitrogens is 1. The molecule has 0 aliphatic carbocycles. The number of nitrogens with zero attached hydrogens (tertiary/aromatic N) is 1. The van der Waals surface area contributed by atoms with E-state index < -0.39 is 12.5 Å². The molecule has 3 N–H and O–H groups in total. The molecule has 6 heteroatoms. The molecule has 2 aromatic rings. The van der Waals surface area contributed by atoms with Gasteiger partial charge in [-0.05, 0) is 18.6 Å². The van der Waals surface area contributed by atoms with Gasteiger partial charge in [0.25, 0.3) is 0 Å². The maximum atomic E-state index is 13.6. The Labute approximate surface area is 109 Å². The van der Waals surface area contributed by atoms with Crippen LogP contribution in [0, 0.1) is 12.7 Å². The van der Waals surface area contributed by atoms with Crippen molar-refractivity contribution in [1.82, 2.24) is 4.98 Å². The fourth-order valence-corrected chi connectivity index (χ4v) is 1.61. The van der Waals surface area contributed by atoms with Crippen molar-refractivity contribution in [3.05, 3.63) is 47.4 Å². The maximum Gasteiger partial charge on any atom is 0.219 e. The zero-order valence-electron chi connectivity index (χ0n) is 10.3. The Morgan fingerprint density at radius 3 is 2.84 bits per heavy atom. The molecule has 0 atom stereocenters. The fraction of sp³-hybridized carbons (Fsp3) is 0.154. The third kappa shape index (κ3) is 2.79. The van der Waals surface area contributed by atoms with Crippen LogP contribution in [0.3, 0.4) is 0 Å². The summed E-state index contributed by atoms with van der Waals surface area (Å²) < 4.78 is 31.7. The number of para-hydroxylation sites is 1. The van der Waals surface area contributed by atoms with Gasteiger partial charge in [0.1, 0.15) is 6.67 Å². The Morgan fingerprint density at radius 2 is 2.21 bits per heavy atom. The number of pyridine rings is 1. The quantitative estimate of drug-likeness (QED) is 0.658. The molecule has 100 valence electrons. The minimum absolute atomic E-state index is 0.139. The van der Waals surface area contributed by atoms with Crippen LogP contribution in [-0.4, -0.2) is 4.98 Å². The van der Waals surface area contributed by atoms with Gasteiger partial charge in [-0.25, -0.2) is 13.8 Å². The number of halogens is 2. The molecule has 0 fully saturated rings. The van der Waals surface area contributed by atoms with Gasteiger partial charge in [0.15, 0.2) is 11.6 Å². The van der Waals surface area contributed by atoms with Crippen molar-refractivity contribution >= 4 is 5.69 Å². The number of anilines is 1. The fourth-order valence-electron chi connectivity index (χ4n) is 1.61. The van der Waals surface area contributed by atoms with E-state index in [1.54, 1.807) is 13.0 Å². The molecule has 0 radical (unpaired) electrons. The molecule has 4 nitrogen and oxygen atoms in total. The molecule has 0 aliphatic heterocycles. The minimum atomic E-state index is -0.811. The van der Waals surface area contributed by atoms with E-state index in [4.69, 9.17) is 10.6 Å². The lowest BCUT2D eigenvalue weighted by Gasteiger charge is -2.11. The number of alkyl halides is 1. The second kappa shape index (κ2) is 5.62. The molecule has 0 saturated carbocycles. The standard InChI is InChI=1S/C13H13F2N3O/c1-8-5-12(17-7-11(8)18-16)19-13-9(6-14)3-2-4-10(13)15/h2-5,7,18H,6,16H2,1H3. The lowest BCUT2D eigenvalue weighted by Crippen LogP contribution is -2.08. The predicted molar refractivity (Wildman–Crippen MR) is 68.1 cm³/mol. The number of hydrogen-bond acceptors (Lipinski definition) is 4. The first-order valence-electron chi connectivity index (χ1n) is 5.60. The molecule has 1 aromatic heterocycles. The van der Waals surface area contributed by atoms with Gasteiger partial charge in [-0.3, -0.25) is 5.84 Å². The highest BCUT2D eigenvalue weighted by atomic mass is 19.1. The highest BCUT2D eigenvalue weighted by molar-refractivity contribution is 5.49. The Bertz CT molecular complexity index is 590. The molecular formula is C13H13F2N3O. The van der Waals surface area contributed by atoms with E-state index in [0.717, 1.165) is 5.56 Å². The van der Waals surface area contributed by atoms with E-state index in [1.165, 1.54) is 24.4 Å². The van der Waals surface area contributed by atoms with E-state index in [2.05, 4.69) is 10.4 Å². The van der Waals surface area contributed by atoms with Gasteiger partial charge in [-0.15, -0.1) is 0 Å². The van der Waals surface area contributed by atoms with Gasteiger partial charge in [-0.1, -0.05) is 12.1 Å². The van der Waals surface area contributed by atoms with Crippen LogP contribution in [0.2, 0.25) is 0 Å². The van der Waals surface area contributed by atoms with Crippen molar-refractivity contribution < 1.29 is 13.5 Å². The van der Waals surface area contributed by atoms with Crippen LogP contribution in [0.4, 0.5) is 14.5 Å². The Balaban J connectivity index is 2.33. The van der Waals surface area contributed by atoms with Gasteiger partial charge in [0.2, 0.25) is 5.88 Å². The van der Waals surface area contributed by atoms with Crippen molar-refractivity contribution in [1.29, 1.82) is 0 Å². The summed E-state index contributed by atoms with van der Waals surface area (Å²) in [5.74, 6) is 4.68. The highest BCUT2D eigenvalue weighted by Gasteiger charge is 2.12.